The first kappa shape index (κ1) is 13.1. The molecule has 0 spiro atoms. The highest BCUT2D eigenvalue weighted by Gasteiger charge is 2.23. The molecule has 2 rings (SSSR count). The van der Waals surface area contributed by atoms with Gasteiger partial charge in [0.15, 0.2) is 0 Å². The van der Waals surface area contributed by atoms with Crippen LogP contribution >= 0.6 is 15.9 Å². The van der Waals surface area contributed by atoms with Crippen molar-refractivity contribution in [2.45, 2.75) is 25.3 Å². The zero-order chi connectivity index (χ0) is 13.0. The van der Waals surface area contributed by atoms with E-state index in [0.29, 0.717) is 29.0 Å². The van der Waals surface area contributed by atoms with Crippen LogP contribution < -0.4 is 10.6 Å². The van der Waals surface area contributed by atoms with Crippen LogP contribution in [0.1, 0.15) is 29.6 Å². The maximum absolute atomic E-state index is 11.7. The minimum absolute atomic E-state index is 0.0398. The molecule has 1 aliphatic carbocycles. The molecule has 0 unspecified atom stereocenters. The van der Waals surface area contributed by atoms with Gasteiger partial charge in [-0.3, -0.25) is 9.59 Å². The van der Waals surface area contributed by atoms with Crippen molar-refractivity contribution in [3.63, 3.8) is 0 Å². The van der Waals surface area contributed by atoms with Gasteiger partial charge in [-0.2, -0.15) is 0 Å². The lowest BCUT2D eigenvalue weighted by molar-refractivity contribution is -0.115. The van der Waals surface area contributed by atoms with Gasteiger partial charge < -0.3 is 10.6 Å². The van der Waals surface area contributed by atoms with E-state index in [1.807, 2.05) is 0 Å². The molecule has 1 fully saturated rings. The third kappa shape index (κ3) is 3.84. The minimum atomic E-state index is -0.0455. The predicted octanol–water partition coefficient (Wildman–Crippen LogP) is 2.30. The van der Waals surface area contributed by atoms with E-state index in [1.54, 1.807) is 24.3 Å². The summed E-state index contributed by atoms with van der Waals surface area (Å²) < 4.78 is 0. The van der Waals surface area contributed by atoms with E-state index >= 15 is 0 Å². The first-order valence-corrected chi connectivity index (χ1v) is 7.08. The molecule has 0 aliphatic heterocycles. The fourth-order valence-electron chi connectivity index (χ4n) is 1.51. The summed E-state index contributed by atoms with van der Waals surface area (Å²) in [6.45, 7) is 0. The van der Waals surface area contributed by atoms with Gasteiger partial charge in [0.2, 0.25) is 5.91 Å². The highest BCUT2D eigenvalue weighted by Crippen LogP contribution is 2.19. The van der Waals surface area contributed by atoms with E-state index in [4.69, 9.17) is 0 Å². The lowest BCUT2D eigenvalue weighted by atomic mass is 10.2. The molecule has 1 aromatic carbocycles. The SMILES string of the molecule is O=C(CCBr)Nc1ccc(C(=O)NC2CC2)cc1. The standard InChI is InChI=1S/C13H15BrN2O2/c14-8-7-12(17)15-10-3-1-9(2-4-10)13(18)16-11-5-6-11/h1-4,11H,5-8H2,(H,15,17)(H,16,18). The summed E-state index contributed by atoms with van der Waals surface area (Å²) in [5, 5.41) is 6.32. The molecule has 5 heteroatoms. The molecule has 1 aromatic rings. The smallest absolute Gasteiger partial charge is 0.251 e. The van der Waals surface area contributed by atoms with Gasteiger partial charge in [-0.25, -0.2) is 0 Å². The average molecular weight is 311 g/mol. The lowest BCUT2D eigenvalue weighted by Gasteiger charge is -2.06. The van der Waals surface area contributed by atoms with Gasteiger partial charge >= 0.3 is 0 Å². The minimum Gasteiger partial charge on any atom is -0.349 e. The van der Waals surface area contributed by atoms with Crippen LogP contribution in [0.25, 0.3) is 0 Å². The fourth-order valence-corrected chi connectivity index (χ4v) is 1.87. The second-order valence-corrected chi connectivity index (χ2v) is 5.11. The lowest BCUT2D eigenvalue weighted by Crippen LogP contribution is -2.25. The van der Waals surface area contributed by atoms with Gasteiger partial charge in [-0.05, 0) is 37.1 Å². The van der Waals surface area contributed by atoms with Crippen molar-refractivity contribution in [1.29, 1.82) is 0 Å². The van der Waals surface area contributed by atoms with E-state index in [0.717, 1.165) is 12.8 Å². The van der Waals surface area contributed by atoms with Crippen LogP contribution in [0.3, 0.4) is 0 Å². The number of carbonyl (C=O) groups is 2. The molecule has 0 saturated heterocycles. The normalized spacial score (nSPS) is 14.1. The molecule has 2 N–H and O–H groups in total. The zero-order valence-corrected chi connectivity index (χ0v) is 11.5. The molecule has 0 atom stereocenters. The van der Waals surface area contributed by atoms with Gasteiger partial charge in [0.05, 0.1) is 0 Å². The number of hydrogen-bond acceptors (Lipinski definition) is 2. The summed E-state index contributed by atoms with van der Waals surface area (Å²) in [7, 11) is 0. The summed E-state index contributed by atoms with van der Waals surface area (Å²) in [4.78, 5) is 23.1. The number of benzene rings is 1. The van der Waals surface area contributed by atoms with E-state index in [1.165, 1.54) is 0 Å². The van der Waals surface area contributed by atoms with Crippen molar-refractivity contribution in [2.75, 3.05) is 10.6 Å². The first-order valence-electron chi connectivity index (χ1n) is 5.96. The monoisotopic (exact) mass is 310 g/mol. The largest absolute Gasteiger partial charge is 0.349 e. The second kappa shape index (κ2) is 6.00. The van der Waals surface area contributed by atoms with Crippen molar-refractivity contribution in [3.05, 3.63) is 29.8 Å². The predicted molar refractivity (Wildman–Crippen MR) is 74.0 cm³/mol. The Hall–Kier alpha value is -1.36. The van der Waals surface area contributed by atoms with Crippen molar-refractivity contribution >= 4 is 33.4 Å². The molecule has 96 valence electrons. The van der Waals surface area contributed by atoms with Gasteiger partial charge in [-0.15, -0.1) is 0 Å². The number of amides is 2. The molecule has 0 heterocycles. The zero-order valence-electron chi connectivity index (χ0n) is 9.91. The van der Waals surface area contributed by atoms with Crippen LogP contribution in [0.2, 0.25) is 0 Å². The van der Waals surface area contributed by atoms with Crippen molar-refractivity contribution in [1.82, 2.24) is 5.32 Å². The van der Waals surface area contributed by atoms with Gasteiger partial charge in [0.25, 0.3) is 5.91 Å². The number of hydrogen-bond donors (Lipinski definition) is 2. The molecule has 4 nitrogen and oxygen atoms in total. The van der Waals surface area contributed by atoms with Crippen LogP contribution in [0.5, 0.6) is 0 Å². The van der Waals surface area contributed by atoms with Crippen LogP contribution in [-0.2, 0) is 4.79 Å². The Balaban J connectivity index is 1.91. The van der Waals surface area contributed by atoms with Crippen LogP contribution in [0, 0.1) is 0 Å². The summed E-state index contributed by atoms with van der Waals surface area (Å²) in [5.41, 5.74) is 1.34. The number of anilines is 1. The summed E-state index contributed by atoms with van der Waals surface area (Å²) in [6.07, 6.45) is 2.59. The Morgan fingerprint density at radius 3 is 2.44 bits per heavy atom. The summed E-state index contributed by atoms with van der Waals surface area (Å²) in [6, 6.07) is 7.29. The Kier molecular flexibility index (Phi) is 4.36. The Labute approximate surface area is 114 Å². The maximum atomic E-state index is 11.7. The highest BCUT2D eigenvalue weighted by atomic mass is 79.9. The molecular weight excluding hydrogens is 296 g/mol. The van der Waals surface area contributed by atoms with E-state index in [9.17, 15) is 9.59 Å². The molecule has 1 aliphatic rings. The quantitative estimate of drug-likeness (QED) is 0.820. The Morgan fingerprint density at radius 1 is 1.22 bits per heavy atom. The molecule has 18 heavy (non-hydrogen) atoms. The van der Waals surface area contributed by atoms with Gasteiger partial charge in [0.1, 0.15) is 0 Å². The number of alkyl halides is 1. The van der Waals surface area contributed by atoms with Gasteiger partial charge in [-0.1, -0.05) is 15.9 Å². The maximum Gasteiger partial charge on any atom is 0.251 e. The second-order valence-electron chi connectivity index (χ2n) is 4.31. The molecule has 0 bridgehead atoms. The highest BCUT2D eigenvalue weighted by molar-refractivity contribution is 9.09. The topological polar surface area (TPSA) is 58.2 Å². The molecule has 0 aromatic heterocycles. The number of nitrogens with one attached hydrogen (secondary N) is 2. The van der Waals surface area contributed by atoms with E-state index < -0.39 is 0 Å². The van der Waals surface area contributed by atoms with E-state index in [-0.39, 0.29) is 11.8 Å². The van der Waals surface area contributed by atoms with E-state index in [2.05, 4.69) is 26.6 Å². The third-order valence-corrected chi connectivity index (χ3v) is 3.06. The first-order chi connectivity index (χ1) is 8.69. The van der Waals surface area contributed by atoms with Crippen molar-refractivity contribution < 1.29 is 9.59 Å². The molecular formula is C13H15BrN2O2. The van der Waals surface area contributed by atoms with Crippen LogP contribution in [-0.4, -0.2) is 23.2 Å². The average Bonchev–Trinajstić information content (AvgIpc) is 3.14. The Bertz CT molecular complexity index is 441. The number of rotatable bonds is 5. The summed E-state index contributed by atoms with van der Waals surface area (Å²) >= 11 is 3.21. The third-order valence-electron chi connectivity index (χ3n) is 2.66. The molecule has 2 amide bonds. The summed E-state index contributed by atoms with van der Waals surface area (Å²) in [5.74, 6) is -0.0853. The van der Waals surface area contributed by atoms with Crippen LogP contribution in [0.15, 0.2) is 24.3 Å². The van der Waals surface area contributed by atoms with Crippen LogP contribution in [0.4, 0.5) is 5.69 Å². The fraction of sp³-hybridized carbons (Fsp3) is 0.385. The van der Waals surface area contributed by atoms with Crippen molar-refractivity contribution in [2.24, 2.45) is 0 Å². The van der Waals surface area contributed by atoms with Crippen molar-refractivity contribution in [3.8, 4) is 0 Å². The number of halogens is 1. The van der Waals surface area contributed by atoms with Gasteiger partial charge in [0, 0.05) is 29.0 Å². The Morgan fingerprint density at radius 2 is 1.89 bits per heavy atom. The molecule has 0 radical (unpaired) electrons. The molecule has 1 saturated carbocycles. The number of carbonyl (C=O) groups excluding carboxylic acids is 2.